The van der Waals surface area contributed by atoms with Gasteiger partial charge in [-0.05, 0) is 25.8 Å². The maximum Gasteiger partial charge on any atom is 0.343 e. The van der Waals surface area contributed by atoms with E-state index in [1.807, 2.05) is 25.1 Å². The van der Waals surface area contributed by atoms with Crippen LogP contribution in [0.25, 0.3) is 0 Å². The van der Waals surface area contributed by atoms with E-state index in [-0.39, 0.29) is 17.3 Å². The molecule has 7 heteroatoms. The van der Waals surface area contributed by atoms with Crippen LogP contribution in [0.4, 0.5) is 5.69 Å². The van der Waals surface area contributed by atoms with Gasteiger partial charge in [-0.1, -0.05) is 12.1 Å². The van der Waals surface area contributed by atoms with Crippen LogP contribution < -0.4 is 0 Å². The number of nitrogens with zero attached hydrogens (tertiary/aromatic N) is 2. The number of carboxylic acids is 1. The molecule has 1 rings (SSSR count). The number of aromatic carboxylic acids is 1. The predicted molar refractivity (Wildman–Crippen MR) is 79.4 cm³/mol. The molecule has 0 bridgehead atoms. The minimum atomic E-state index is -1.27. The van der Waals surface area contributed by atoms with E-state index < -0.39 is 10.9 Å². The lowest BCUT2D eigenvalue weighted by Gasteiger charge is -2.24. The molecule has 1 unspecified atom stereocenters. The van der Waals surface area contributed by atoms with Crippen LogP contribution in [0.15, 0.2) is 18.2 Å². The van der Waals surface area contributed by atoms with Gasteiger partial charge >= 0.3 is 5.97 Å². The van der Waals surface area contributed by atoms with E-state index in [1.54, 1.807) is 17.8 Å². The van der Waals surface area contributed by atoms with Crippen LogP contribution in [0.2, 0.25) is 0 Å². The summed E-state index contributed by atoms with van der Waals surface area (Å²) in [7, 11) is 1.88. The topological polar surface area (TPSA) is 83.7 Å². The first-order chi connectivity index (χ1) is 9.38. The smallest absolute Gasteiger partial charge is 0.343 e. The van der Waals surface area contributed by atoms with Gasteiger partial charge in [0, 0.05) is 24.4 Å². The Balaban J connectivity index is 3.09. The highest BCUT2D eigenvalue weighted by molar-refractivity contribution is 7.98. The fraction of sp³-hybridized carbons (Fsp3) is 0.462. The second-order valence-electron chi connectivity index (χ2n) is 4.59. The molecule has 0 aromatic heterocycles. The Morgan fingerprint density at radius 3 is 2.70 bits per heavy atom. The molecule has 1 atom stereocenters. The van der Waals surface area contributed by atoms with Gasteiger partial charge in [-0.25, -0.2) is 4.79 Å². The van der Waals surface area contributed by atoms with Crippen LogP contribution in [-0.4, -0.2) is 46.0 Å². The molecular weight excluding hydrogens is 280 g/mol. The fourth-order valence-corrected chi connectivity index (χ4v) is 2.65. The van der Waals surface area contributed by atoms with E-state index in [9.17, 15) is 20.0 Å². The molecule has 1 aromatic rings. The quantitative estimate of drug-likeness (QED) is 0.615. The molecule has 0 spiro atoms. The van der Waals surface area contributed by atoms with Crippen LogP contribution >= 0.6 is 11.8 Å². The number of hydrogen-bond acceptors (Lipinski definition) is 5. The Labute approximate surface area is 121 Å². The third-order valence-electron chi connectivity index (χ3n) is 3.12. The molecule has 0 aliphatic heterocycles. The van der Waals surface area contributed by atoms with Crippen LogP contribution in [0.1, 0.15) is 22.8 Å². The van der Waals surface area contributed by atoms with E-state index in [1.165, 1.54) is 12.1 Å². The van der Waals surface area contributed by atoms with Gasteiger partial charge < -0.3 is 5.11 Å². The van der Waals surface area contributed by atoms with E-state index in [2.05, 4.69) is 0 Å². The van der Waals surface area contributed by atoms with Gasteiger partial charge in [0.1, 0.15) is 5.56 Å². The Kier molecular flexibility index (Phi) is 5.97. The highest BCUT2D eigenvalue weighted by Crippen LogP contribution is 2.24. The molecule has 0 saturated heterocycles. The molecular formula is C13H18N2O4S. The summed E-state index contributed by atoms with van der Waals surface area (Å²) in [5, 5.41) is 20.1. The summed E-state index contributed by atoms with van der Waals surface area (Å²) in [4.78, 5) is 23.6. The van der Waals surface area contributed by atoms with E-state index in [4.69, 9.17) is 0 Å². The number of hydrogen-bond donors (Lipinski definition) is 1. The molecule has 0 heterocycles. The summed E-state index contributed by atoms with van der Waals surface area (Å²) in [5.41, 5.74) is -0.122. The molecule has 0 amide bonds. The predicted octanol–water partition coefficient (Wildman–Crippen LogP) is 2.48. The highest BCUT2D eigenvalue weighted by atomic mass is 32.2. The Hall–Kier alpha value is -1.60. The first-order valence-electron chi connectivity index (χ1n) is 6.07. The minimum absolute atomic E-state index is 0.222. The second kappa shape index (κ2) is 7.25. The number of rotatable bonds is 7. The van der Waals surface area contributed by atoms with Crippen molar-refractivity contribution in [3.05, 3.63) is 39.4 Å². The van der Waals surface area contributed by atoms with Gasteiger partial charge in [-0.15, -0.1) is 0 Å². The molecule has 0 radical (unpaired) electrons. The molecule has 110 valence electrons. The van der Waals surface area contributed by atoms with Gasteiger partial charge in [0.2, 0.25) is 0 Å². The van der Waals surface area contributed by atoms with Crippen molar-refractivity contribution in [1.29, 1.82) is 0 Å². The summed E-state index contributed by atoms with van der Waals surface area (Å²) in [6.45, 7) is 2.40. The summed E-state index contributed by atoms with van der Waals surface area (Å²) in [5.74, 6) is -0.355. The normalized spacial score (nSPS) is 12.4. The molecule has 0 fully saturated rings. The van der Waals surface area contributed by atoms with Crippen molar-refractivity contribution in [2.75, 3.05) is 19.1 Å². The van der Waals surface area contributed by atoms with Crippen LogP contribution in [0.5, 0.6) is 0 Å². The number of nitro groups is 1. The average Bonchev–Trinajstić information content (AvgIpc) is 2.38. The average molecular weight is 298 g/mol. The van der Waals surface area contributed by atoms with Crippen LogP contribution in [0.3, 0.4) is 0 Å². The van der Waals surface area contributed by atoms with Gasteiger partial charge in [0.15, 0.2) is 0 Å². The molecule has 1 aromatic carbocycles. The van der Waals surface area contributed by atoms with E-state index >= 15 is 0 Å². The van der Waals surface area contributed by atoms with Crippen molar-refractivity contribution in [3.63, 3.8) is 0 Å². The SMILES string of the molecule is CSCC(C)N(C)Cc1cccc([N+](=O)[O-])c1C(=O)O. The Morgan fingerprint density at radius 2 is 2.20 bits per heavy atom. The van der Waals surface area contributed by atoms with Gasteiger partial charge in [-0.2, -0.15) is 11.8 Å². The summed E-state index contributed by atoms with van der Waals surface area (Å²) >= 11 is 1.70. The molecule has 20 heavy (non-hydrogen) atoms. The van der Waals surface area contributed by atoms with Crippen LogP contribution in [0, 0.1) is 10.1 Å². The number of nitro benzene ring substituents is 1. The molecule has 1 N–H and O–H groups in total. The van der Waals surface area contributed by atoms with Crippen molar-refractivity contribution in [2.45, 2.75) is 19.5 Å². The standard InChI is InChI=1S/C13H18N2O4S/c1-9(8-20-3)14(2)7-10-5-4-6-11(15(18)19)12(10)13(16)17/h4-6,9H,7-8H2,1-3H3,(H,16,17). The van der Waals surface area contributed by atoms with Crippen molar-refractivity contribution >= 4 is 23.4 Å². The molecule has 0 aliphatic carbocycles. The zero-order valence-electron chi connectivity index (χ0n) is 11.7. The maximum absolute atomic E-state index is 11.3. The Morgan fingerprint density at radius 1 is 1.55 bits per heavy atom. The Bertz CT molecular complexity index is 507. The maximum atomic E-state index is 11.3. The van der Waals surface area contributed by atoms with Gasteiger partial charge in [0.25, 0.3) is 5.69 Å². The number of carboxylic acid groups (broad SMARTS) is 1. The van der Waals surface area contributed by atoms with Crippen LogP contribution in [-0.2, 0) is 6.54 Å². The number of benzene rings is 1. The zero-order chi connectivity index (χ0) is 15.3. The van der Waals surface area contributed by atoms with Crippen molar-refractivity contribution < 1.29 is 14.8 Å². The van der Waals surface area contributed by atoms with E-state index in [0.717, 1.165) is 5.75 Å². The zero-order valence-corrected chi connectivity index (χ0v) is 12.5. The lowest BCUT2D eigenvalue weighted by atomic mass is 10.0. The molecule has 6 nitrogen and oxygen atoms in total. The molecule has 0 aliphatic rings. The molecule has 0 saturated carbocycles. The minimum Gasteiger partial charge on any atom is -0.477 e. The van der Waals surface area contributed by atoms with Crippen molar-refractivity contribution in [2.24, 2.45) is 0 Å². The fourth-order valence-electron chi connectivity index (χ4n) is 1.91. The lowest BCUT2D eigenvalue weighted by molar-refractivity contribution is -0.385. The lowest BCUT2D eigenvalue weighted by Crippen LogP contribution is -2.31. The second-order valence-corrected chi connectivity index (χ2v) is 5.50. The summed E-state index contributed by atoms with van der Waals surface area (Å²) < 4.78 is 0. The number of carbonyl (C=O) groups is 1. The first-order valence-corrected chi connectivity index (χ1v) is 7.46. The van der Waals surface area contributed by atoms with Gasteiger partial charge in [-0.3, -0.25) is 15.0 Å². The largest absolute Gasteiger partial charge is 0.477 e. The summed E-state index contributed by atoms with van der Waals surface area (Å²) in [6, 6.07) is 4.62. The first kappa shape index (κ1) is 16.5. The van der Waals surface area contributed by atoms with E-state index in [0.29, 0.717) is 12.1 Å². The third kappa shape index (κ3) is 3.94. The highest BCUT2D eigenvalue weighted by Gasteiger charge is 2.24. The van der Waals surface area contributed by atoms with Gasteiger partial charge in [0.05, 0.1) is 4.92 Å². The van der Waals surface area contributed by atoms with Crippen molar-refractivity contribution in [3.8, 4) is 0 Å². The monoisotopic (exact) mass is 298 g/mol. The van der Waals surface area contributed by atoms with Crippen molar-refractivity contribution in [1.82, 2.24) is 4.90 Å². The summed E-state index contributed by atoms with van der Waals surface area (Å²) in [6.07, 6.45) is 2.00. The third-order valence-corrected chi connectivity index (χ3v) is 3.94. The number of thioether (sulfide) groups is 1.